The third-order valence-corrected chi connectivity index (χ3v) is 12.8. The zero-order valence-corrected chi connectivity index (χ0v) is 27.6. The molecule has 3 saturated carbocycles. The van der Waals surface area contributed by atoms with E-state index >= 15 is 0 Å². The third kappa shape index (κ3) is 7.21. The van der Waals surface area contributed by atoms with Crippen molar-refractivity contribution in [3.8, 4) is 0 Å². The van der Waals surface area contributed by atoms with Crippen molar-refractivity contribution in [3.05, 3.63) is 0 Å². The molecule has 0 aromatic carbocycles. The summed E-state index contributed by atoms with van der Waals surface area (Å²) in [7, 11) is 0. The second-order valence-electron chi connectivity index (χ2n) is 15.9. The second kappa shape index (κ2) is 14.2. The van der Waals surface area contributed by atoms with Gasteiger partial charge >= 0.3 is 0 Å². The van der Waals surface area contributed by atoms with Gasteiger partial charge in [-0.3, -0.25) is 0 Å². The topological polar surface area (TPSA) is 38.0 Å². The SMILES string of the molecule is CCC(C)C1(CC(C)C2CCCC2C)C(N)C(C)C1C(C)CCC(C)C1CCCC(NC(C)CC(C)C)C1. The molecule has 2 heteroatoms. The van der Waals surface area contributed by atoms with Gasteiger partial charge in [-0.1, -0.05) is 107 Å². The molecule has 3 fully saturated rings. The van der Waals surface area contributed by atoms with Crippen molar-refractivity contribution in [2.24, 2.45) is 70.3 Å². The molecule has 13 atom stereocenters. The summed E-state index contributed by atoms with van der Waals surface area (Å²) in [6.45, 7) is 24.9. The minimum atomic E-state index is 0.352. The summed E-state index contributed by atoms with van der Waals surface area (Å²) in [5.41, 5.74) is 7.49. The van der Waals surface area contributed by atoms with Crippen LogP contribution in [0.1, 0.15) is 146 Å². The third-order valence-electron chi connectivity index (χ3n) is 12.8. The van der Waals surface area contributed by atoms with Crippen molar-refractivity contribution in [3.63, 3.8) is 0 Å². The monoisotopic (exact) mass is 531 g/mol. The first-order valence-corrected chi connectivity index (χ1v) is 17.4. The van der Waals surface area contributed by atoms with Crippen LogP contribution in [0.2, 0.25) is 0 Å². The standard InChI is InChI=1S/C36H70N2/c1-11-28(8)36(22-27(7)33-17-12-14-25(33)5)34(30(10)35(36)37)26(6)19-18-24(4)31-15-13-16-32(21-31)38-29(9)20-23(2)3/h23-35,38H,11-22,37H2,1-10H3. The Morgan fingerprint density at radius 1 is 0.842 bits per heavy atom. The number of hydrogen-bond acceptors (Lipinski definition) is 2. The van der Waals surface area contributed by atoms with Gasteiger partial charge in [-0.05, 0) is 104 Å². The Labute approximate surface area is 239 Å². The van der Waals surface area contributed by atoms with Crippen LogP contribution in [0.25, 0.3) is 0 Å². The van der Waals surface area contributed by atoms with Crippen molar-refractivity contribution in [1.82, 2.24) is 5.32 Å². The molecule has 0 saturated heterocycles. The molecule has 3 aliphatic rings. The highest BCUT2D eigenvalue weighted by Crippen LogP contribution is 2.63. The van der Waals surface area contributed by atoms with Crippen LogP contribution < -0.4 is 11.1 Å². The smallest absolute Gasteiger partial charge is 0.0130 e. The van der Waals surface area contributed by atoms with Gasteiger partial charge in [-0.25, -0.2) is 0 Å². The molecule has 0 aromatic rings. The van der Waals surface area contributed by atoms with E-state index in [2.05, 4.69) is 74.6 Å². The summed E-state index contributed by atoms with van der Waals surface area (Å²) in [5, 5.41) is 4.01. The number of hydrogen-bond donors (Lipinski definition) is 2. The normalized spacial score (nSPS) is 39.9. The molecule has 38 heavy (non-hydrogen) atoms. The molecule has 0 radical (unpaired) electrons. The first-order valence-electron chi connectivity index (χ1n) is 17.4. The van der Waals surface area contributed by atoms with Crippen LogP contribution in [0.3, 0.4) is 0 Å². The number of nitrogens with one attached hydrogen (secondary N) is 1. The lowest BCUT2D eigenvalue weighted by molar-refractivity contribution is -0.150. The Morgan fingerprint density at radius 2 is 1.50 bits per heavy atom. The molecule has 0 spiro atoms. The molecule has 2 nitrogen and oxygen atoms in total. The first-order chi connectivity index (χ1) is 17.9. The van der Waals surface area contributed by atoms with Crippen molar-refractivity contribution < 1.29 is 0 Å². The Morgan fingerprint density at radius 3 is 2.11 bits per heavy atom. The zero-order valence-electron chi connectivity index (χ0n) is 27.6. The Bertz CT molecular complexity index is 683. The fourth-order valence-corrected chi connectivity index (χ4v) is 10.6. The maximum absolute atomic E-state index is 7.14. The molecular formula is C36H70N2. The molecule has 0 amide bonds. The van der Waals surface area contributed by atoms with Crippen molar-refractivity contribution in [2.45, 2.75) is 164 Å². The van der Waals surface area contributed by atoms with Crippen molar-refractivity contribution in [1.29, 1.82) is 0 Å². The van der Waals surface area contributed by atoms with Crippen molar-refractivity contribution >= 4 is 0 Å². The highest BCUT2D eigenvalue weighted by Gasteiger charge is 2.61. The van der Waals surface area contributed by atoms with Crippen LogP contribution in [-0.2, 0) is 0 Å². The van der Waals surface area contributed by atoms with Gasteiger partial charge in [0.15, 0.2) is 0 Å². The van der Waals surface area contributed by atoms with E-state index in [1.165, 1.54) is 77.0 Å². The van der Waals surface area contributed by atoms with Gasteiger partial charge in [0.25, 0.3) is 0 Å². The lowest BCUT2D eigenvalue weighted by Crippen LogP contribution is -2.69. The number of nitrogens with two attached hydrogens (primary N) is 1. The van der Waals surface area contributed by atoms with Gasteiger partial charge in [0.05, 0.1) is 0 Å². The van der Waals surface area contributed by atoms with E-state index in [1.807, 2.05) is 0 Å². The fraction of sp³-hybridized carbons (Fsp3) is 1.00. The lowest BCUT2D eigenvalue weighted by atomic mass is 9.41. The Balaban J connectivity index is 1.61. The van der Waals surface area contributed by atoms with E-state index < -0.39 is 0 Å². The van der Waals surface area contributed by atoms with E-state index in [0.29, 0.717) is 23.4 Å². The van der Waals surface area contributed by atoms with Crippen LogP contribution in [0, 0.1) is 64.6 Å². The summed E-state index contributed by atoms with van der Waals surface area (Å²) in [6.07, 6.45) is 16.7. The minimum Gasteiger partial charge on any atom is -0.327 e. The lowest BCUT2D eigenvalue weighted by Gasteiger charge is -2.66. The van der Waals surface area contributed by atoms with Crippen LogP contribution in [0.5, 0.6) is 0 Å². The molecule has 13 unspecified atom stereocenters. The summed E-state index contributed by atoms with van der Waals surface area (Å²) in [4.78, 5) is 0. The second-order valence-corrected chi connectivity index (χ2v) is 15.9. The molecule has 224 valence electrons. The van der Waals surface area contributed by atoms with Gasteiger partial charge in [0, 0.05) is 18.1 Å². The van der Waals surface area contributed by atoms with E-state index in [9.17, 15) is 0 Å². The van der Waals surface area contributed by atoms with Crippen molar-refractivity contribution in [2.75, 3.05) is 0 Å². The highest BCUT2D eigenvalue weighted by atomic mass is 14.9. The zero-order chi connectivity index (χ0) is 28.2. The quantitative estimate of drug-likeness (QED) is 0.234. The molecule has 0 aromatic heterocycles. The van der Waals surface area contributed by atoms with E-state index in [-0.39, 0.29) is 0 Å². The van der Waals surface area contributed by atoms with Crippen LogP contribution >= 0.6 is 0 Å². The summed E-state index contributed by atoms with van der Waals surface area (Å²) < 4.78 is 0. The summed E-state index contributed by atoms with van der Waals surface area (Å²) >= 11 is 0. The minimum absolute atomic E-state index is 0.352. The molecular weight excluding hydrogens is 460 g/mol. The predicted octanol–water partition coefficient (Wildman–Crippen LogP) is 9.71. The molecule has 0 bridgehead atoms. The van der Waals surface area contributed by atoms with Gasteiger partial charge < -0.3 is 11.1 Å². The maximum atomic E-state index is 7.14. The maximum Gasteiger partial charge on any atom is 0.0130 e. The molecule has 0 aliphatic heterocycles. The van der Waals surface area contributed by atoms with Crippen LogP contribution in [0.15, 0.2) is 0 Å². The predicted molar refractivity (Wildman–Crippen MR) is 168 cm³/mol. The van der Waals surface area contributed by atoms with Gasteiger partial charge in [-0.15, -0.1) is 0 Å². The van der Waals surface area contributed by atoms with E-state index in [4.69, 9.17) is 5.73 Å². The summed E-state index contributed by atoms with van der Waals surface area (Å²) in [6, 6.07) is 1.78. The molecule has 3 N–H and O–H groups in total. The number of rotatable bonds is 14. The van der Waals surface area contributed by atoms with Gasteiger partial charge in [0.1, 0.15) is 0 Å². The van der Waals surface area contributed by atoms with Gasteiger partial charge in [-0.2, -0.15) is 0 Å². The largest absolute Gasteiger partial charge is 0.327 e. The molecule has 0 heterocycles. The Kier molecular flexibility index (Phi) is 12.1. The average Bonchev–Trinajstić information content (AvgIpc) is 3.31. The average molecular weight is 531 g/mol. The van der Waals surface area contributed by atoms with Crippen LogP contribution in [-0.4, -0.2) is 18.1 Å². The molecule has 3 aliphatic carbocycles. The highest BCUT2D eigenvalue weighted by molar-refractivity contribution is 5.13. The van der Waals surface area contributed by atoms with E-state index in [1.54, 1.807) is 0 Å². The fourth-order valence-electron chi connectivity index (χ4n) is 10.6. The Hall–Kier alpha value is -0.0800. The van der Waals surface area contributed by atoms with Gasteiger partial charge in [0.2, 0.25) is 0 Å². The molecule has 3 rings (SSSR count). The summed E-state index contributed by atoms with van der Waals surface area (Å²) in [5.74, 6) is 8.19. The first kappa shape index (κ1) is 32.4. The van der Waals surface area contributed by atoms with E-state index in [0.717, 1.165) is 59.3 Å². The van der Waals surface area contributed by atoms with Crippen LogP contribution in [0.4, 0.5) is 0 Å².